The molecule has 0 aromatic rings. The first-order valence-electron chi connectivity index (χ1n) is 5.75. The molecule has 0 radical (unpaired) electrons. The van der Waals surface area contributed by atoms with Crippen LogP contribution in [0.15, 0.2) is 0 Å². The van der Waals surface area contributed by atoms with Crippen LogP contribution in [0.1, 0.15) is 33.6 Å². The van der Waals surface area contributed by atoms with E-state index in [0.29, 0.717) is 0 Å². The summed E-state index contributed by atoms with van der Waals surface area (Å²) < 4.78 is 0. The van der Waals surface area contributed by atoms with Crippen LogP contribution in [0.5, 0.6) is 0 Å². The Hall–Kier alpha value is -0.940. The van der Waals surface area contributed by atoms with Crippen LogP contribution in [0.4, 0.5) is 0 Å². The van der Waals surface area contributed by atoms with Crippen LogP contribution >= 0.6 is 0 Å². The van der Waals surface area contributed by atoms with Crippen molar-refractivity contribution in [3.8, 4) is 0 Å². The largest absolute Gasteiger partial charge is 0.481 e. The Morgan fingerprint density at radius 1 is 1.41 bits per heavy atom. The molecule has 0 saturated heterocycles. The third-order valence-electron chi connectivity index (χ3n) is 4.58. The van der Waals surface area contributed by atoms with Gasteiger partial charge in [-0.3, -0.25) is 9.59 Å². The van der Waals surface area contributed by atoms with E-state index in [0.717, 1.165) is 0 Å². The van der Waals surface area contributed by atoms with Gasteiger partial charge in [0, 0.05) is 17.3 Å². The maximum Gasteiger partial charge on any atom is 0.303 e. The van der Waals surface area contributed by atoms with Gasteiger partial charge in [0.05, 0.1) is 6.61 Å². The summed E-state index contributed by atoms with van der Waals surface area (Å²) >= 11 is 0. The van der Waals surface area contributed by atoms with Crippen LogP contribution in [0.3, 0.4) is 0 Å². The Labute approximate surface area is 100 Å². The van der Waals surface area contributed by atoms with Gasteiger partial charge in [-0.2, -0.15) is 0 Å². The second-order valence-electron chi connectivity index (χ2n) is 5.46. The average Bonchev–Trinajstić information content (AvgIpc) is 2.42. The smallest absolute Gasteiger partial charge is 0.303 e. The SMILES string of the molecule is CC1C(C)(CCC(=O)O)C(=O)C(O)C1(C)CO. The zero-order valence-corrected chi connectivity index (χ0v) is 10.4. The topological polar surface area (TPSA) is 94.8 Å². The molecule has 0 heterocycles. The number of aliphatic hydroxyl groups is 2. The lowest BCUT2D eigenvalue weighted by molar-refractivity contribution is -0.139. The summed E-state index contributed by atoms with van der Waals surface area (Å²) in [6.07, 6.45) is -1.14. The second-order valence-corrected chi connectivity index (χ2v) is 5.46. The van der Waals surface area contributed by atoms with Crippen molar-refractivity contribution in [3.05, 3.63) is 0 Å². The fourth-order valence-electron chi connectivity index (χ4n) is 2.72. The fraction of sp³-hybridized carbons (Fsp3) is 0.833. The van der Waals surface area contributed by atoms with E-state index < -0.39 is 22.9 Å². The monoisotopic (exact) mass is 244 g/mol. The van der Waals surface area contributed by atoms with Gasteiger partial charge in [-0.25, -0.2) is 0 Å². The number of carboxylic acid groups (broad SMARTS) is 1. The van der Waals surface area contributed by atoms with Crippen molar-refractivity contribution in [2.45, 2.75) is 39.7 Å². The molecular weight excluding hydrogens is 224 g/mol. The first kappa shape index (κ1) is 14.1. The molecule has 4 atom stereocenters. The van der Waals surface area contributed by atoms with Crippen LogP contribution in [0.25, 0.3) is 0 Å². The fourth-order valence-corrected chi connectivity index (χ4v) is 2.72. The third kappa shape index (κ3) is 1.98. The number of carbonyl (C=O) groups is 2. The number of carboxylic acids is 1. The summed E-state index contributed by atoms with van der Waals surface area (Å²) in [5.74, 6) is -1.58. The maximum absolute atomic E-state index is 12.1. The highest BCUT2D eigenvalue weighted by atomic mass is 16.4. The molecule has 1 aliphatic carbocycles. The molecule has 0 spiro atoms. The second kappa shape index (κ2) is 4.38. The number of aliphatic hydroxyl groups excluding tert-OH is 2. The van der Waals surface area contributed by atoms with Gasteiger partial charge in [0.2, 0.25) is 0 Å². The number of aliphatic carboxylic acids is 1. The van der Waals surface area contributed by atoms with E-state index >= 15 is 0 Å². The van der Waals surface area contributed by atoms with Gasteiger partial charge in [0.1, 0.15) is 6.10 Å². The molecule has 0 aromatic carbocycles. The van der Waals surface area contributed by atoms with Gasteiger partial charge < -0.3 is 15.3 Å². The van der Waals surface area contributed by atoms with E-state index in [2.05, 4.69) is 0 Å². The zero-order chi connectivity index (χ0) is 13.4. The normalized spacial score (nSPS) is 41.8. The van der Waals surface area contributed by atoms with E-state index in [9.17, 15) is 19.8 Å². The van der Waals surface area contributed by atoms with Gasteiger partial charge >= 0.3 is 5.97 Å². The quantitative estimate of drug-likeness (QED) is 0.667. The Morgan fingerprint density at radius 2 is 1.94 bits per heavy atom. The highest BCUT2D eigenvalue weighted by molar-refractivity contribution is 5.92. The van der Waals surface area contributed by atoms with Crippen molar-refractivity contribution >= 4 is 11.8 Å². The summed E-state index contributed by atoms with van der Waals surface area (Å²) in [5, 5.41) is 28.0. The van der Waals surface area contributed by atoms with Crippen molar-refractivity contribution in [2.24, 2.45) is 16.7 Å². The van der Waals surface area contributed by atoms with E-state index in [4.69, 9.17) is 5.11 Å². The predicted molar refractivity (Wildman–Crippen MR) is 60.3 cm³/mol. The lowest BCUT2D eigenvalue weighted by Crippen LogP contribution is -2.37. The molecule has 3 N–H and O–H groups in total. The van der Waals surface area contributed by atoms with Crippen molar-refractivity contribution in [3.63, 3.8) is 0 Å². The third-order valence-corrected chi connectivity index (χ3v) is 4.58. The Balaban J connectivity index is 3.01. The van der Waals surface area contributed by atoms with Crippen molar-refractivity contribution in [1.29, 1.82) is 0 Å². The van der Waals surface area contributed by atoms with E-state index in [1.807, 2.05) is 0 Å². The van der Waals surface area contributed by atoms with Gasteiger partial charge in [-0.1, -0.05) is 20.8 Å². The van der Waals surface area contributed by atoms with Crippen LogP contribution in [0, 0.1) is 16.7 Å². The summed E-state index contributed by atoms with van der Waals surface area (Å²) in [6.45, 7) is 4.83. The lowest BCUT2D eigenvalue weighted by atomic mass is 9.69. The minimum Gasteiger partial charge on any atom is -0.481 e. The van der Waals surface area contributed by atoms with Gasteiger partial charge in [-0.05, 0) is 12.3 Å². The van der Waals surface area contributed by atoms with Gasteiger partial charge in [-0.15, -0.1) is 0 Å². The average molecular weight is 244 g/mol. The molecular formula is C12H20O5. The molecule has 1 rings (SSSR count). The van der Waals surface area contributed by atoms with Crippen molar-refractivity contribution < 1.29 is 24.9 Å². The number of ketones is 1. The lowest BCUT2D eigenvalue weighted by Gasteiger charge is -2.34. The minimum absolute atomic E-state index is 0.110. The number of Topliss-reactive ketones (excluding diaryl/α,β-unsaturated/α-hetero) is 1. The molecule has 1 aliphatic rings. The van der Waals surface area contributed by atoms with Gasteiger partial charge in [0.25, 0.3) is 0 Å². The highest BCUT2D eigenvalue weighted by Crippen LogP contribution is 2.53. The van der Waals surface area contributed by atoms with Crippen LogP contribution in [0.2, 0.25) is 0 Å². The first-order chi connectivity index (χ1) is 7.70. The van der Waals surface area contributed by atoms with Crippen LogP contribution in [-0.4, -0.2) is 39.8 Å². The molecule has 0 bridgehead atoms. The number of hydrogen-bond acceptors (Lipinski definition) is 4. The van der Waals surface area contributed by atoms with Crippen molar-refractivity contribution in [2.75, 3.05) is 6.61 Å². The standard InChI is InChI=1S/C12H20O5/c1-7-11(2,5-4-8(14)15)9(16)10(17)12(7,3)6-13/h7,10,13,17H,4-6H2,1-3H3,(H,14,15). The molecule has 5 heteroatoms. The summed E-state index contributed by atoms with van der Waals surface area (Å²) in [4.78, 5) is 22.7. The Bertz CT molecular complexity index is 340. The number of rotatable bonds is 4. The Kier molecular flexibility index (Phi) is 3.64. The van der Waals surface area contributed by atoms with Gasteiger partial charge in [0.15, 0.2) is 5.78 Å². The van der Waals surface area contributed by atoms with Crippen LogP contribution < -0.4 is 0 Å². The molecule has 4 unspecified atom stereocenters. The zero-order valence-electron chi connectivity index (χ0n) is 10.4. The molecule has 5 nitrogen and oxygen atoms in total. The highest BCUT2D eigenvalue weighted by Gasteiger charge is 2.60. The maximum atomic E-state index is 12.1. The predicted octanol–water partition coefficient (Wildman–Crippen LogP) is 0.436. The van der Waals surface area contributed by atoms with E-state index in [1.165, 1.54) is 0 Å². The molecule has 17 heavy (non-hydrogen) atoms. The molecule has 0 aliphatic heterocycles. The van der Waals surface area contributed by atoms with Crippen LogP contribution in [-0.2, 0) is 9.59 Å². The molecule has 98 valence electrons. The molecule has 1 saturated carbocycles. The van der Waals surface area contributed by atoms with Crippen molar-refractivity contribution in [1.82, 2.24) is 0 Å². The summed E-state index contributed by atoms with van der Waals surface area (Å²) in [7, 11) is 0. The number of hydrogen-bond donors (Lipinski definition) is 3. The molecule has 1 fully saturated rings. The first-order valence-corrected chi connectivity index (χ1v) is 5.75. The minimum atomic E-state index is -1.22. The Morgan fingerprint density at radius 3 is 2.29 bits per heavy atom. The summed E-state index contributed by atoms with van der Waals surface area (Å²) in [6, 6.07) is 0. The number of carbonyl (C=O) groups excluding carboxylic acids is 1. The van der Waals surface area contributed by atoms with E-state index in [-0.39, 0.29) is 31.1 Å². The molecule has 0 aromatic heterocycles. The van der Waals surface area contributed by atoms with E-state index in [1.54, 1.807) is 20.8 Å². The molecule has 0 amide bonds. The summed E-state index contributed by atoms with van der Waals surface area (Å²) in [5.41, 5.74) is -1.76.